The van der Waals surface area contributed by atoms with E-state index < -0.39 is 0 Å². The van der Waals surface area contributed by atoms with Gasteiger partial charge in [0.1, 0.15) is 0 Å². The van der Waals surface area contributed by atoms with E-state index in [1.807, 2.05) is 12.4 Å². The van der Waals surface area contributed by atoms with Gasteiger partial charge in [0, 0.05) is 24.0 Å². The van der Waals surface area contributed by atoms with Crippen molar-refractivity contribution in [2.75, 3.05) is 0 Å². The molecule has 4 aliphatic rings. The first-order chi connectivity index (χ1) is 31.0. The number of nitrogens with zero attached hydrogens (tertiary/aromatic N) is 4. The molecule has 0 radical (unpaired) electrons. The van der Waals surface area contributed by atoms with Crippen molar-refractivity contribution >= 4 is 0 Å². The first kappa shape index (κ1) is 45.9. The standard InChI is InChI=1S/C56H78N4O3/c1-5-9-13-15-39-19-23-41(24-20-39)43-27-31-45(32-28-43)55-57-37-53(47(59-55)35-51-49(61-51)17-11-7-3)63-54-38-58-56(60-48(54)36-52-50(62-52)18-12-8-4)46-33-29-44(30-34-46)42-25-21-40(22-26-42)16-14-10-6-2/h27-34,37-42,49-52H,5-26,35-36H2,1-4H3/t39-,40-,41-,42-,49-,50-,51-,52-/m0/s1. The van der Waals surface area contributed by atoms with E-state index in [2.05, 4.69) is 76.2 Å². The molecule has 0 bridgehead atoms. The lowest BCUT2D eigenvalue weighted by molar-refractivity contribution is 0.303. The summed E-state index contributed by atoms with van der Waals surface area (Å²) in [5.74, 6) is 5.90. The van der Waals surface area contributed by atoms with Crippen molar-refractivity contribution in [1.82, 2.24) is 19.9 Å². The number of benzene rings is 2. The van der Waals surface area contributed by atoms with Crippen LogP contribution in [0.5, 0.6) is 11.5 Å². The highest BCUT2D eigenvalue weighted by Crippen LogP contribution is 2.41. The number of epoxide rings is 2. The smallest absolute Gasteiger partial charge is 0.167 e. The molecule has 2 aromatic heterocycles. The van der Waals surface area contributed by atoms with Gasteiger partial charge in [0.05, 0.1) is 48.2 Å². The number of hydrogen-bond donors (Lipinski definition) is 0. The second-order valence-corrected chi connectivity index (χ2v) is 19.9. The van der Waals surface area contributed by atoms with E-state index in [4.69, 9.17) is 34.1 Å². The minimum absolute atomic E-state index is 0.141. The van der Waals surface area contributed by atoms with Crippen molar-refractivity contribution in [3.63, 3.8) is 0 Å². The molecule has 4 aromatic rings. The zero-order chi connectivity index (χ0) is 43.4. The lowest BCUT2D eigenvalue weighted by Crippen LogP contribution is -2.13. The summed E-state index contributed by atoms with van der Waals surface area (Å²) in [6, 6.07) is 18.2. The quantitative estimate of drug-likeness (QED) is 0.0512. The monoisotopic (exact) mass is 855 g/mol. The molecule has 7 nitrogen and oxygen atoms in total. The lowest BCUT2D eigenvalue weighted by Gasteiger charge is -2.29. The van der Waals surface area contributed by atoms with Crippen LogP contribution in [-0.4, -0.2) is 44.4 Å². The predicted octanol–water partition coefficient (Wildman–Crippen LogP) is 15.1. The van der Waals surface area contributed by atoms with Crippen LogP contribution in [0.4, 0.5) is 0 Å². The van der Waals surface area contributed by atoms with Gasteiger partial charge in [-0.05, 0) is 99.0 Å². The zero-order valence-corrected chi connectivity index (χ0v) is 39.4. The summed E-state index contributed by atoms with van der Waals surface area (Å²) in [5, 5.41) is 0. The van der Waals surface area contributed by atoms with Crippen molar-refractivity contribution in [1.29, 1.82) is 0 Å². The van der Waals surface area contributed by atoms with E-state index in [9.17, 15) is 0 Å². The number of unbranched alkanes of at least 4 members (excludes halogenated alkanes) is 6. The Labute approximate surface area is 380 Å². The van der Waals surface area contributed by atoms with Crippen molar-refractivity contribution in [2.24, 2.45) is 11.8 Å². The van der Waals surface area contributed by atoms with Gasteiger partial charge >= 0.3 is 0 Å². The summed E-state index contributed by atoms with van der Waals surface area (Å²) >= 11 is 0. The Hall–Kier alpha value is -3.68. The summed E-state index contributed by atoms with van der Waals surface area (Å²) in [7, 11) is 0. The maximum atomic E-state index is 6.83. The maximum Gasteiger partial charge on any atom is 0.167 e. The molecule has 2 saturated carbocycles. The highest BCUT2D eigenvalue weighted by Gasteiger charge is 2.40. The molecule has 0 amide bonds. The predicted molar refractivity (Wildman–Crippen MR) is 256 cm³/mol. The summed E-state index contributed by atoms with van der Waals surface area (Å²) in [4.78, 5) is 20.3. The normalized spacial score (nSPS) is 25.5. The van der Waals surface area contributed by atoms with Crippen molar-refractivity contribution in [2.45, 2.75) is 218 Å². The SMILES string of the molecule is CCCCC[C@H]1CC[C@H](c2ccc(-c3ncc(Oc4cnc(-c5ccc([C@H]6CC[C@H](CCCCC)CC6)cc5)nc4C[C@@H]4O[C@H]4CCCC)c(C[C@@H]4O[C@H]4CCCC)n3)cc2)CC1. The van der Waals surface area contributed by atoms with Crippen LogP contribution in [0.15, 0.2) is 60.9 Å². The van der Waals surface area contributed by atoms with Gasteiger partial charge < -0.3 is 14.2 Å². The van der Waals surface area contributed by atoms with E-state index >= 15 is 0 Å². The molecule has 4 fully saturated rings. The van der Waals surface area contributed by atoms with Crippen LogP contribution >= 0.6 is 0 Å². The highest BCUT2D eigenvalue weighted by atomic mass is 16.6. The van der Waals surface area contributed by atoms with Crippen LogP contribution in [-0.2, 0) is 22.3 Å². The van der Waals surface area contributed by atoms with E-state index in [0.717, 1.165) is 58.8 Å². The number of hydrogen-bond acceptors (Lipinski definition) is 7. The van der Waals surface area contributed by atoms with Gasteiger partial charge in [0.25, 0.3) is 0 Å². The Morgan fingerprint density at radius 3 is 1.24 bits per heavy atom. The minimum Gasteiger partial charge on any atom is -0.450 e. The van der Waals surface area contributed by atoms with Crippen LogP contribution in [0.2, 0.25) is 0 Å². The van der Waals surface area contributed by atoms with Crippen molar-refractivity contribution in [3.8, 4) is 34.3 Å². The average Bonchev–Trinajstić information content (AvgIpc) is 4.26. The Kier molecular flexibility index (Phi) is 16.7. The van der Waals surface area contributed by atoms with E-state index in [-0.39, 0.29) is 24.4 Å². The Bertz CT molecular complexity index is 1840. The van der Waals surface area contributed by atoms with Crippen LogP contribution in [0, 0.1) is 11.8 Å². The fourth-order valence-corrected chi connectivity index (χ4v) is 10.8. The molecule has 340 valence electrons. The maximum absolute atomic E-state index is 6.83. The first-order valence-corrected chi connectivity index (χ1v) is 25.9. The zero-order valence-electron chi connectivity index (χ0n) is 39.4. The summed E-state index contributed by atoms with van der Waals surface area (Å²) in [6.45, 7) is 9.09. The molecule has 2 aliphatic heterocycles. The second-order valence-electron chi connectivity index (χ2n) is 19.9. The van der Waals surface area contributed by atoms with Gasteiger partial charge in [0.15, 0.2) is 23.1 Å². The summed E-state index contributed by atoms with van der Waals surface area (Å²) in [6.07, 6.45) is 34.4. The molecular formula is C56H78N4O3. The molecular weight excluding hydrogens is 777 g/mol. The second kappa shape index (κ2) is 23.0. The molecule has 2 aliphatic carbocycles. The molecule has 8 rings (SSSR count). The molecule has 0 spiro atoms. The molecule has 2 aromatic carbocycles. The van der Waals surface area contributed by atoms with Gasteiger partial charge in [-0.3, -0.25) is 0 Å². The molecule has 2 saturated heterocycles. The van der Waals surface area contributed by atoms with Gasteiger partial charge in [-0.25, -0.2) is 19.9 Å². The molecule has 0 N–H and O–H groups in total. The Morgan fingerprint density at radius 1 is 0.460 bits per heavy atom. The van der Waals surface area contributed by atoms with Crippen LogP contribution in [0.3, 0.4) is 0 Å². The minimum atomic E-state index is 0.141. The van der Waals surface area contributed by atoms with Gasteiger partial charge in [0.2, 0.25) is 0 Å². The third-order valence-electron chi connectivity index (χ3n) is 15.1. The molecule has 4 heterocycles. The molecule has 0 unspecified atom stereocenters. The van der Waals surface area contributed by atoms with E-state index in [0.29, 0.717) is 36.2 Å². The Morgan fingerprint density at radius 2 is 0.857 bits per heavy atom. The fraction of sp³-hybridized carbons (Fsp3) is 0.643. The molecule has 4 atom stereocenters. The van der Waals surface area contributed by atoms with Crippen molar-refractivity contribution < 1.29 is 14.2 Å². The summed E-state index contributed by atoms with van der Waals surface area (Å²) < 4.78 is 19.2. The lowest BCUT2D eigenvalue weighted by atomic mass is 9.77. The van der Waals surface area contributed by atoms with Gasteiger partial charge in [-0.15, -0.1) is 0 Å². The fourth-order valence-electron chi connectivity index (χ4n) is 10.8. The summed E-state index contributed by atoms with van der Waals surface area (Å²) in [5.41, 5.74) is 6.73. The largest absolute Gasteiger partial charge is 0.450 e. The molecule has 7 heteroatoms. The van der Waals surface area contributed by atoms with Gasteiger partial charge in [-0.1, -0.05) is 153 Å². The van der Waals surface area contributed by atoms with Gasteiger partial charge in [-0.2, -0.15) is 0 Å². The van der Waals surface area contributed by atoms with E-state index in [1.54, 1.807) is 0 Å². The number of aromatic nitrogens is 4. The third-order valence-corrected chi connectivity index (χ3v) is 15.1. The number of ether oxygens (including phenoxy) is 3. The first-order valence-electron chi connectivity index (χ1n) is 25.9. The number of rotatable bonds is 24. The van der Waals surface area contributed by atoms with Crippen LogP contribution < -0.4 is 4.74 Å². The average molecular weight is 855 g/mol. The topological polar surface area (TPSA) is 85.9 Å². The molecule has 63 heavy (non-hydrogen) atoms. The van der Waals surface area contributed by atoms with Crippen LogP contribution in [0.25, 0.3) is 22.8 Å². The van der Waals surface area contributed by atoms with Crippen LogP contribution in [0.1, 0.15) is 203 Å². The Balaban J connectivity index is 0.989. The van der Waals surface area contributed by atoms with Crippen molar-refractivity contribution in [3.05, 3.63) is 83.4 Å². The highest BCUT2D eigenvalue weighted by molar-refractivity contribution is 5.58. The third kappa shape index (κ3) is 12.8. The van der Waals surface area contributed by atoms with E-state index in [1.165, 1.54) is 140 Å².